The Bertz CT molecular complexity index is 1790. The van der Waals surface area contributed by atoms with Gasteiger partial charge in [-0.1, -0.05) is 41.9 Å². The Hall–Kier alpha value is -4.83. The summed E-state index contributed by atoms with van der Waals surface area (Å²) in [6, 6.07) is 17.5. The number of hydrogen-bond acceptors (Lipinski definition) is 5. The van der Waals surface area contributed by atoms with Gasteiger partial charge < -0.3 is 10.2 Å². The second-order valence-electron chi connectivity index (χ2n) is 9.78. The van der Waals surface area contributed by atoms with Gasteiger partial charge in [0.25, 0.3) is 0 Å². The molecule has 1 amide bonds. The molecular formula is C31H23ClF3N3O4. The zero-order chi connectivity index (χ0) is 30.3. The number of nitrogens with zero attached hydrogens (tertiary/aromatic N) is 2. The Morgan fingerprint density at radius 1 is 1.00 bits per heavy atom. The number of hydrazone groups is 1. The molecule has 0 bridgehead atoms. The molecule has 3 N–H and O–H groups in total. The lowest BCUT2D eigenvalue weighted by molar-refractivity contribution is -0.137. The number of hydrogen-bond donors (Lipinski definition) is 3. The fraction of sp³-hybridized carbons (Fsp3) is 0.129. The van der Waals surface area contributed by atoms with Crippen LogP contribution in [-0.4, -0.2) is 27.8 Å². The molecule has 1 aliphatic rings. The molecular weight excluding hydrogens is 571 g/mol. The van der Waals surface area contributed by atoms with Crippen molar-refractivity contribution in [2.45, 2.75) is 26.4 Å². The summed E-state index contributed by atoms with van der Waals surface area (Å²) in [5.41, 5.74) is 4.93. The van der Waals surface area contributed by atoms with Crippen LogP contribution >= 0.6 is 11.6 Å². The van der Waals surface area contributed by atoms with Crippen molar-refractivity contribution in [2.75, 3.05) is 10.3 Å². The average Bonchev–Trinajstić information content (AvgIpc) is 2.93. The van der Waals surface area contributed by atoms with Gasteiger partial charge in [0.2, 0.25) is 5.91 Å². The zero-order valence-electron chi connectivity index (χ0n) is 22.3. The SMILES string of the molecule is Cc1ccc(N2C(=O)C/C(=N\Nc3cccc(-c4cccc(C(=O)O)c4)c3O)c3c(Cl)cc(C(F)(F)F)cc32)cc1C. The van der Waals surface area contributed by atoms with Gasteiger partial charge in [-0.3, -0.25) is 15.1 Å². The molecule has 0 unspecified atom stereocenters. The summed E-state index contributed by atoms with van der Waals surface area (Å²) in [5.74, 6) is -1.90. The minimum absolute atomic E-state index is 0.0315. The number of aromatic hydroxyl groups is 1. The highest BCUT2D eigenvalue weighted by Gasteiger charge is 2.37. The fourth-order valence-electron chi connectivity index (χ4n) is 4.72. The van der Waals surface area contributed by atoms with Crippen molar-refractivity contribution in [3.8, 4) is 16.9 Å². The Morgan fingerprint density at radius 3 is 2.43 bits per heavy atom. The first-order chi connectivity index (χ1) is 19.8. The standard InChI is InChI=1S/C31H23ClF3N3O4/c1-16-9-10-21(11-17(16)2)38-26-14-20(31(33,34)35)13-23(32)28(26)25(15-27(38)39)37-36-24-8-4-7-22(29(24)40)18-5-3-6-19(12-18)30(41)42/h3-14,36,40H,15H2,1-2H3,(H,41,42)/b37-25+. The molecule has 4 aromatic rings. The number of alkyl halides is 3. The third-order valence-electron chi connectivity index (χ3n) is 7.01. The van der Waals surface area contributed by atoms with Crippen molar-refractivity contribution in [3.63, 3.8) is 0 Å². The largest absolute Gasteiger partial charge is 0.505 e. The maximum atomic E-state index is 13.8. The van der Waals surface area contributed by atoms with Crippen LogP contribution in [0, 0.1) is 13.8 Å². The van der Waals surface area contributed by atoms with Crippen molar-refractivity contribution < 1.29 is 33.0 Å². The lowest BCUT2D eigenvalue weighted by Crippen LogP contribution is -2.35. The highest BCUT2D eigenvalue weighted by molar-refractivity contribution is 6.38. The minimum Gasteiger partial charge on any atom is -0.505 e. The number of phenolic OH excluding ortho intramolecular Hbond substituents is 1. The Morgan fingerprint density at radius 2 is 1.74 bits per heavy atom. The summed E-state index contributed by atoms with van der Waals surface area (Å²) >= 11 is 6.42. The number of aryl methyl sites for hydroxylation is 2. The van der Waals surface area contributed by atoms with Crippen LogP contribution in [0.2, 0.25) is 5.02 Å². The van der Waals surface area contributed by atoms with Gasteiger partial charge in [0.15, 0.2) is 0 Å². The van der Waals surface area contributed by atoms with E-state index < -0.39 is 23.6 Å². The molecule has 0 spiro atoms. The molecule has 0 atom stereocenters. The van der Waals surface area contributed by atoms with Crippen molar-refractivity contribution >= 4 is 46.3 Å². The fourth-order valence-corrected chi connectivity index (χ4v) is 5.04. The molecule has 11 heteroatoms. The van der Waals surface area contributed by atoms with Gasteiger partial charge in [-0.05, 0) is 73.0 Å². The number of fused-ring (bicyclic) bond motifs is 1. The first-order valence-corrected chi connectivity index (χ1v) is 13.0. The molecule has 0 aliphatic carbocycles. The smallest absolute Gasteiger partial charge is 0.416 e. The topological polar surface area (TPSA) is 102 Å². The summed E-state index contributed by atoms with van der Waals surface area (Å²) < 4.78 is 41.3. The van der Waals surface area contributed by atoms with Crippen molar-refractivity contribution in [1.29, 1.82) is 0 Å². The number of nitrogens with one attached hydrogen (secondary N) is 1. The van der Waals surface area contributed by atoms with Crippen molar-refractivity contribution in [2.24, 2.45) is 5.10 Å². The van der Waals surface area contributed by atoms with Crippen LogP contribution in [0.25, 0.3) is 11.1 Å². The number of carbonyl (C=O) groups excluding carboxylic acids is 1. The monoisotopic (exact) mass is 593 g/mol. The summed E-state index contributed by atoms with van der Waals surface area (Å²) in [4.78, 5) is 26.0. The van der Waals surface area contributed by atoms with Crippen LogP contribution in [-0.2, 0) is 11.0 Å². The Kier molecular flexibility index (Phi) is 7.42. The summed E-state index contributed by atoms with van der Waals surface area (Å²) in [5, 5.41) is 24.3. The number of phenols is 1. The van der Waals surface area contributed by atoms with Gasteiger partial charge >= 0.3 is 12.1 Å². The van der Waals surface area contributed by atoms with E-state index in [-0.39, 0.29) is 45.4 Å². The second-order valence-corrected chi connectivity index (χ2v) is 10.2. The van der Waals surface area contributed by atoms with E-state index in [1.54, 1.807) is 42.5 Å². The number of carbonyl (C=O) groups is 2. The molecule has 0 aromatic heterocycles. The maximum absolute atomic E-state index is 13.8. The number of benzene rings is 4. The highest BCUT2D eigenvalue weighted by Crippen LogP contribution is 2.43. The Balaban J connectivity index is 1.59. The van der Waals surface area contributed by atoms with Crippen LogP contribution in [0.5, 0.6) is 5.75 Å². The number of halogens is 4. The van der Waals surface area contributed by atoms with E-state index in [4.69, 9.17) is 11.6 Å². The third-order valence-corrected chi connectivity index (χ3v) is 7.31. The molecule has 214 valence electrons. The van der Waals surface area contributed by atoms with Crippen LogP contribution in [0.4, 0.5) is 30.2 Å². The molecule has 5 rings (SSSR count). The number of aromatic carboxylic acids is 1. The van der Waals surface area contributed by atoms with Gasteiger partial charge in [0.05, 0.1) is 39.7 Å². The van der Waals surface area contributed by atoms with Crippen molar-refractivity contribution in [3.05, 3.63) is 106 Å². The first-order valence-electron chi connectivity index (χ1n) is 12.6. The van der Waals surface area contributed by atoms with E-state index in [1.807, 2.05) is 13.8 Å². The van der Waals surface area contributed by atoms with E-state index in [1.165, 1.54) is 23.1 Å². The van der Waals surface area contributed by atoms with E-state index in [9.17, 15) is 33.0 Å². The number of rotatable bonds is 5. The van der Waals surface area contributed by atoms with Gasteiger partial charge in [-0.15, -0.1) is 0 Å². The quantitative estimate of drug-likeness (QED) is 0.161. The Labute approximate surface area is 243 Å². The van der Waals surface area contributed by atoms with Crippen LogP contribution in [0.3, 0.4) is 0 Å². The van der Waals surface area contributed by atoms with E-state index >= 15 is 0 Å². The zero-order valence-corrected chi connectivity index (χ0v) is 23.0. The molecule has 1 aliphatic heterocycles. The molecule has 0 radical (unpaired) electrons. The molecule has 4 aromatic carbocycles. The number of carboxylic acids is 1. The average molecular weight is 594 g/mol. The second kappa shape index (κ2) is 10.9. The third kappa shape index (κ3) is 5.40. The summed E-state index contributed by atoms with van der Waals surface area (Å²) in [6.45, 7) is 3.72. The summed E-state index contributed by atoms with van der Waals surface area (Å²) in [6.07, 6.45) is -5.01. The first kappa shape index (κ1) is 28.7. The predicted octanol–water partition coefficient (Wildman–Crippen LogP) is 7.93. The maximum Gasteiger partial charge on any atom is 0.416 e. The van der Waals surface area contributed by atoms with Crippen LogP contribution < -0.4 is 10.3 Å². The lowest BCUT2D eigenvalue weighted by atomic mass is 9.95. The highest BCUT2D eigenvalue weighted by atomic mass is 35.5. The number of anilines is 3. The molecule has 0 saturated carbocycles. The van der Waals surface area contributed by atoms with E-state index in [2.05, 4.69) is 10.5 Å². The van der Waals surface area contributed by atoms with Gasteiger partial charge in [0.1, 0.15) is 5.75 Å². The van der Waals surface area contributed by atoms with Gasteiger partial charge in [-0.25, -0.2) is 4.79 Å². The molecule has 0 saturated heterocycles. The van der Waals surface area contributed by atoms with Gasteiger partial charge in [0, 0.05) is 16.8 Å². The van der Waals surface area contributed by atoms with Crippen LogP contribution in [0.1, 0.15) is 39.0 Å². The van der Waals surface area contributed by atoms with Crippen molar-refractivity contribution in [1.82, 2.24) is 0 Å². The number of para-hydroxylation sites is 1. The normalized spacial score (nSPS) is 14.2. The number of amides is 1. The minimum atomic E-state index is -4.71. The van der Waals surface area contributed by atoms with E-state index in [0.29, 0.717) is 16.8 Å². The molecule has 7 nitrogen and oxygen atoms in total. The summed E-state index contributed by atoms with van der Waals surface area (Å²) in [7, 11) is 0. The lowest BCUT2D eigenvalue weighted by Gasteiger charge is -2.32. The predicted molar refractivity (Wildman–Crippen MR) is 155 cm³/mol. The molecule has 42 heavy (non-hydrogen) atoms. The van der Waals surface area contributed by atoms with E-state index in [0.717, 1.165) is 23.3 Å². The van der Waals surface area contributed by atoms with Crippen LogP contribution in [0.15, 0.2) is 77.9 Å². The number of carboxylic acid groups (broad SMARTS) is 1. The van der Waals surface area contributed by atoms with Gasteiger partial charge in [-0.2, -0.15) is 18.3 Å². The molecule has 1 heterocycles. The molecule has 0 fully saturated rings.